The molecule has 0 saturated carbocycles. The van der Waals surface area contributed by atoms with Crippen LogP contribution in [-0.4, -0.2) is 28.2 Å². The molecule has 0 radical (unpaired) electrons. The molecule has 1 unspecified atom stereocenters. The van der Waals surface area contributed by atoms with Gasteiger partial charge in [-0.2, -0.15) is 0 Å². The van der Waals surface area contributed by atoms with Crippen molar-refractivity contribution in [3.8, 4) is 5.88 Å². The lowest BCUT2D eigenvalue weighted by atomic mass is 9.93. The number of benzene rings is 1. The Labute approximate surface area is 127 Å². The first-order valence-electron chi connectivity index (χ1n) is 6.35. The molecule has 2 aromatic rings. The van der Waals surface area contributed by atoms with E-state index in [9.17, 15) is 9.90 Å². The van der Waals surface area contributed by atoms with Gasteiger partial charge in [-0.1, -0.05) is 23.7 Å². The Balaban J connectivity index is 2.38. The molecule has 0 aliphatic heterocycles. The van der Waals surface area contributed by atoms with Crippen molar-refractivity contribution in [1.29, 1.82) is 0 Å². The van der Waals surface area contributed by atoms with Crippen molar-refractivity contribution in [3.63, 3.8) is 0 Å². The van der Waals surface area contributed by atoms with Crippen LogP contribution in [0.4, 0.5) is 0 Å². The summed E-state index contributed by atoms with van der Waals surface area (Å²) >= 11 is 5.94. The molecule has 6 heteroatoms. The van der Waals surface area contributed by atoms with Crippen LogP contribution in [0.1, 0.15) is 22.7 Å². The number of halogens is 1. The highest BCUT2D eigenvalue weighted by atomic mass is 35.5. The van der Waals surface area contributed by atoms with Gasteiger partial charge >= 0.3 is 5.97 Å². The maximum absolute atomic E-state index is 11.6. The van der Waals surface area contributed by atoms with Crippen LogP contribution in [0.2, 0.25) is 5.02 Å². The Hall–Kier alpha value is -2.14. The van der Waals surface area contributed by atoms with Gasteiger partial charge in [0, 0.05) is 10.6 Å². The summed E-state index contributed by atoms with van der Waals surface area (Å²) in [6, 6.07) is 7.14. The number of rotatable bonds is 5. The van der Waals surface area contributed by atoms with E-state index in [2.05, 4.69) is 9.97 Å². The first-order chi connectivity index (χ1) is 10.0. The van der Waals surface area contributed by atoms with E-state index >= 15 is 0 Å². The van der Waals surface area contributed by atoms with Crippen LogP contribution < -0.4 is 4.74 Å². The molecule has 1 aromatic carbocycles. The minimum absolute atomic E-state index is 0.302. The minimum Gasteiger partial charge on any atom is -0.481 e. The third-order valence-electron chi connectivity index (χ3n) is 3.23. The number of hydrogen-bond donors (Lipinski definition) is 1. The largest absolute Gasteiger partial charge is 0.481 e. The van der Waals surface area contributed by atoms with Crippen molar-refractivity contribution >= 4 is 17.6 Å². The van der Waals surface area contributed by atoms with E-state index in [1.165, 1.54) is 13.4 Å². The highest BCUT2D eigenvalue weighted by Gasteiger charge is 2.25. The number of methoxy groups -OCH3 is 1. The van der Waals surface area contributed by atoms with Crippen LogP contribution in [0.15, 0.2) is 30.6 Å². The third-order valence-corrected chi connectivity index (χ3v) is 3.46. The molecule has 1 N–H and O–H groups in total. The smallest absolute Gasteiger partial charge is 0.312 e. The first-order valence-corrected chi connectivity index (χ1v) is 6.73. The standard InChI is InChI=1S/C15H15ClN2O3/c1-9-13(17-8-18-14(9)21-2)12(15(19)20)7-10-4-3-5-11(16)6-10/h3-6,8,12H,7H2,1-2H3,(H,19,20). The lowest BCUT2D eigenvalue weighted by Gasteiger charge is -2.15. The van der Waals surface area contributed by atoms with E-state index in [0.717, 1.165) is 5.56 Å². The Bertz CT molecular complexity index is 661. The number of aromatic nitrogens is 2. The van der Waals surface area contributed by atoms with Crippen molar-refractivity contribution < 1.29 is 14.6 Å². The van der Waals surface area contributed by atoms with Crippen LogP contribution in [0.3, 0.4) is 0 Å². The summed E-state index contributed by atoms with van der Waals surface area (Å²) in [6.07, 6.45) is 1.62. The molecule has 0 fully saturated rings. The van der Waals surface area contributed by atoms with E-state index in [0.29, 0.717) is 28.6 Å². The van der Waals surface area contributed by atoms with Crippen LogP contribution in [0.5, 0.6) is 5.88 Å². The number of aliphatic carboxylic acids is 1. The van der Waals surface area contributed by atoms with Crippen LogP contribution in [0, 0.1) is 6.92 Å². The summed E-state index contributed by atoms with van der Waals surface area (Å²) in [5.74, 6) is -1.34. The Morgan fingerprint density at radius 3 is 2.81 bits per heavy atom. The second-order valence-corrected chi connectivity index (χ2v) is 5.05. The van der Waals surface area contributed by atoms with Gasteiger partial charge in [0.2, 0.25) is 5.88 Å². The first kappa shape index (κ1) is 15.3. The molecule has 0 aliphatic carbocycles. The predicted octanol–water partition coefficient (Wildman–Crippen LogP) is 2.86. The lowest BCUT2D eigenvalue weighted by Crippen LogP contribution is -2.18. The fourth-order valence-electron chi connectivity index (χ4n) is 2.20. The number of hydrogen-bond acceptors (Lipinski definition) is 4. The van der Waals surface area contributed by atoms with Gasteiger partial charge in [0.15, 0.2) is 0 Å². The Morgan fingerprint density at radius 1 is 1.43 bits per heavy atom. The fraction of sp³-hybridized carbons (Fsp3) is 0.267. The van der Waals surface area contributed by atoms with Gasteiger partial charge in [0.25, 0.3) is 0 Å². The van der Waals surface area contributed by atoms with Gasteiger partial charge in [-0.25, -0.2) is 9.97 Å². The maximum atomic E-state index is 11.6. The fourth-order valence-corrected chi connectivity index (χ4v) is 2.42. The van der Waals surface area contributed by atoms with Gasteiger partial charge < -0.3 is 9.84 Å². The zero-order valence-corrected chi connectivity index (χ0v) is 12.5. The molecular formula is C15H15ClN2O3. The van der Waals surface area contributed by atoms with Crippen LogP contribution in [0.25, 0.3) is 0 Å². The summed E-state index contributed by atoms with van der Waals surface area (Å²) < 4.78 is 5.12. The van der Waals surface area contributed by atoms with Gasteiger partial charge in [-0.3, -0.25) is 4.79 Å². The van der Waals surface area contributed by atoms with Gasteiger partial charge in [0.1, 0.15) is 12.2 Å². The highest BCUT2D eigenvalue weighted by molar-refractivity contribution is 6.30. The Morgan fingerprint density at radius 2 is 2.19 bits per heavy atom. The molecular weight excluding hydrogens is 292 g/mol. The third kappa shape index (κ3) is 3.49. The van der Waals surface area contributed by atoms with Crippen LogP contribution >= 0.6 is 11.6 Å². The normalized spacial score (nSPS) is 12.0. The second kappa shape index (κ2) is 6.54. The van der Waals surface area contributed by atoms with Crippen LogP contribution in [-0.2, 0) is 11.2 Å². The van der Waals surface area contributed by atoms with E-state index in [1.54, 1.807) is 25.1 Å². The summed E-state index contributed by atoms with van der Waals surface area (Å²) in [6.45, 7) is 1.75. The van der Waals surface area contributed by atoms with Crippen molar-refractivity contribution in [2.45, 2.75) is 19.3 Å². The summed E-state index contributed by atoms with van der Waals surface area (Å²) in [5, 5.41) is 10.1. The van der Waals surface area contributed by atoms with Crippen molar-refractivity contribution in [1.82, 2.24) is 9.97 Å². The lowest BCUT2D eigenvalue weighted by molar-refractivity contribution is -0.138. The quantitative estimate of drug-likeness (QED) is 0.919. The zero-order chi connectivity index (χ0) is 15.4. The minimum atomic E-state index is -0.946. The molecule has 2 rings (SSSR count). The van der Waals surface area contributed by atoms with E-state index in [4.69, 9.17) is 16.3 Å². The summed E-state index contributed by atoms with van der Waals surface area (Å²) in [4.78, 5) is 19.7. The van der Waals surface area contributed by atoms with Gasteiger partial charge in [0.05, 0.1) is 12.8 Å². The number of carboxylic acid groups (broad SMARTS) is 1. The molecule has 0 bridgehead atoms. The number of ether oxygens (including phenoxy) is 1. The topological polar surface area (TPSA) is 72.3 Å². The second-order valence-electron chi connectivity index (χ2n) is 4.62. The monoisotopic (exact) mass is 306 g/mol. The predicted molar refractivity (Wildman–Crippen MR) is 78.9 cm³/mol. The van der Waals surface area contributed by atoms with E-state index in [1.807, 2.05) is 6.07 Å². The average Bonchev–Trinajstić information content (AvgIpc) is 2.45. The van der Waals surface area contributed by atoms with E-state index in [-0.39, 0.29) is 0 Å². The van der Waals surface area contributed by atoms with Crippen molar-refractivity contribution in [2.24, 2.45) is 0 Å². The number of nitrogens with zero attached hydrogens (tertiary/aromatic N) is 2. The molecule has 0 spiro atoms. The molecule has 0 saturated heterocycles. The molecule has 0 aliphatic rings. The highest BCUT2D eigenvalue weighted by Crippen LogP contribution is 2.27. The van der Waals surface area contributed by atoms with Gasteiger partial charge in [-0.05, 0) is 31.0 Å². The number of carbonyl (C=O) groups is 1. The number of carboxylic acids is 1. The molecule has 1 heterocycles. The Kier molecular flexibility index (Phi) is 4.75. The molecule has 5 nitrogen and oxygen atoms in total. The van der Waals surface area contributed by atoms with Crippen molar-refractivity contribution in [3.05, 3.63) is 52.4 Å². The average molecular weight is 307 g/mol. The molecule has 1 atom stereocenters. The molecule has 21 heavy (non-hydrogen) atoms. The van der Waals surface area contributed by atoms with E-state index < -0.39 is 11.9 Å². The van der Waals surface area contributed by atoms with Crippen molar-refractivity contribution in [2.75, 3.05) is 7.11 Å². The summed E-state index contributed by atoms with van der Waals surface area (Å²) in [5.41, 5.74) is 1.93. The SMILES string of the molecule is COc1ncnc(C(Cc2cccc(Cl)c2)C(=O)O)c1C. The maximum Gasteiger partial charge on any atom is 0.312 e. The molecule has 1 aromatic heterocycles. The van der Waals surface area contributed by atoms with Gasteiger partial charge in [-0.15, -0.1) is 0 Å². The molecule has 110 valence electrons. The zero-order valence-electron chi connectivity index (χ0n) is 11.7. The molecule has 0 amide bonds. The summed E-state index contributed by atoms with van der Waals surface area (Å²) in [7, 11) is 1.49.